The van der Waals surface area contributed by atoms with Gasteiger partial charge >= 0.3 is 0 Å². The van der Waals surface area contributed by atoms with Crippen LogP contribution in [0.25, 0.3) is 0 Å². The molecule has 0 bridgehead atoms. The number of hydrogen-bond donors (Lipinski definition) is 1. The van der Waals surface area contributed by atoms with E-state index in [1.54, 1.807) is 0 Å². The lowest BCUT2D eigenvalue weighted by Gasteiger charge is -2.12. The average Bonchev–Trinajstić information content (AvgIpc) is 2.94. The normalized spacial score (nSPS) is 15.8. The quantitative estimate of drug-likeness (QED) is 0.892. The monoisotopic (exact) mass is 241 g/mol. The first-order chi connectivity index (χ1) is 8.92. The van der Waals surface area contributed by atoms with Crippen LogP contribution in [0.1, 0.15) is 11.9 Å². The molecule has 3 nitrogen and oxygen atoms in total. The molecule has 0 saturated carbocycles. The molecule has 1 fully saturated rings. The van der Waals surface area contributed by atoms with E-state index in [0.717, 1.165) is 16.9 Å². The number of ether oxygens (including phenoxy) is 2. The summed E-state index contributed by atoms with van der Waals surface area (Å²) in [5.41, 5.74) is 3.16. The third-order valence-corrected chi connectivity index (χ3v) is 2.84. The molecule has 0 aliphatic carbocycles. The second-order valence-corrected chi connectivity index (χ2v) is 4.19. The summed E-state index contributed by atoms with van der Waals surface area (Å²) >= 11 is 0. The van der Waals surface area contributed by atoms with Crippen molar-refractivity contribution in [1.82, 2.24) is 0 Å². The Kier molecular flexibility index (Phi) is 3.26. The zero-order chi connectivity index (χ0) is 12.2. The molecule has 1 N–H and O–H groups in total. The zero-order valence-electron chi connectivity index (χ0n) is 10.0. The third kappa shape index (κ3) is 2.53. The first kappa shape index (κ1) is 11.3. The van der Waals surface area contributed by atoms with Gasteiger partial charge in [0.25, 0.3) is 0 Å². The Balaban J connectivity index is 1.78. The summed E-state index contributed by atoms with van der Waals surface area (Å²) in [5, 5.41) is 3.36. The van der Waals surface area contributed by atoms with Gasteiger partial charge in [-0.2, -0.15) is 0 Å². The smallest absolute Gasteiger partial charge is 0.184 e. The minimum Gasteiger partial charge on any atom is -0.356 e. The van der Waals surface area contributed by atoms with Gasteiger partial charge in [0.2, 0.25) is 0 Å². The van der Waals surface area contributed by atoms with Crippen molar-refractivity contribution < 1.29 is 9.47 Å². The molecule has 2 aromatic carbocycles. The fourth-order valence-corrected chi connectivity index (χ4v) is 2.00. The van der Waals surface area contributed by atoms with E-state index in [4.69, 9.17) is 9.47 Å². The van der Waals surface area contributed by atoms with Crippen molar-refractivity contribution in [3.63, 3.8) is 0 Å². The van der Waals surface area contributed by atoms with Crippen LogP contribution in [0.4, 0.5) is 11.4 Å². The van der Waals surface area contributed by atoms with Crippen LogP contribution in [0.3, 0.4) is 0 Å². The fourth-order valence-electron chi connectivity index (χ4n) is 2.00. The molecule has 92 valence electrons. The molecule has 1 aliphatic heterocycles. The van der Waals surface area contributed by atoms with Crippen LogP contribution in [0, 0.1) is 0 Å². The molecule has 3 rings (SSSR count). The van der Waals surface area contributed by atoms with E-state index in [1.165, 1.54) is 0 Å². The number of nitrogens with one attached hydrogen (secondary N) is 1. The summed E-state index contributed by atoms with van der Waals surface area (Å²) in [4.78, 5) is 0. The largest absolute Gasteiger partial charge is 0.356 e. The van der Waals surface area contributed by atoms with Crippen LogP contribution in [-0.4, -0.2) is 13.2 Å². The summed E-state index contributed by atoms with van der Waals surface area (Å²) in [7, 11) is 0. The van der Waals surface area contributed by atoms with Crippen LogP contribution in [-0.2, 0) is 9.47 Å². The molecule has 0 atom stereocenters. The highest BCUT2D eigenvalue weighted by atomic mass is 16.7. The van der Waals surface area contributed by atoms with Gasteiger partial charge in [-0.15, -0.1) is 0 Å². The molecule has 1 saturated heterocycles. The maximum atomic E-state index is 5.49. The Bertz CT molecular complexity index is 507. The Morgan fingerprint density at radius 3 is 2.33 bits per heavy atom. The molecule has 3 heteroatoms. The van der Waals surface area contributed by atoms with Crippen LogP contribution in [0.5, 0.6) is 0 Å². The summed E-state index contributed by atoms with van der Waals surface area (Å²) in [5.74, 6) is 0. The molecule has 1 heterocycles. The Labute approximate surface area is 106 Å². The minimum atomic E-state index is -0.220. The number of anilines is 2. The van der Waals surface area contributed by atoms with Crippen LogP contribution in [0.15, 0.2) is 54.6 Å². The summed E-state index contributed by atoms with van der Waals surface area (Å²) in [6.45, 7) is 1.34. The molecule has 18 heavy (non-hydrogen) atoms. The van der Waals surface area contributed by atoms with Crippen molar-refractivity contribution in [1.29, 1.82) is 0 Å². The van der Waals surface area contributed by atoms with Crippen molar-refractivity contribution in [2.24, 2.45) is 0 Å². The highest BCUT2D eigenvalue weighted by Gasteiger charge is 2.18. The average molecular weight is 241 g/mol. The van der Waals surface area contributed by atoms with Crippen molar-refractivity contribution >= 4 is 11.4 Å². The Morgan fingerprint density at radius 2 is 1.56 bits per heavy atom. The molecule has 2 aromatic rings. The van der Waals surface area contributed by atoms with E-state index in [9.17, 15) is 0 Å². The van der Waals surface area contributed by atoms with Crippen LogP contribution >= 0.6 is 0 Å². The third-order valence-electron chi connectivity index (χ3n) is 2.84. The van der Waals surface area contributed by atoms with E-state index in [-0.39, 0.29) is 6.29 Å². The molecular formula is C15H15NO2. The predicted octanol–water partition coefficient (Wildman–Crippen LogP) is 3.48. The van der Waals surface area contributed by atoms with Crippen molar-refractivity contribution in [2.45, 2.75) is 6.29 Å². The summed E-state index contributed by atoms with van der Waals surface area (Å²) < 4.78 is 11.0. The second-order valence-electron chi connectivity index (χ2n) is 4.19. The lowest BCUT2D eigenvalue weighted by molar-refractivity contribution is -0.0440. The predicted molar refractivity (Wildman–Crippen MR) is 70.8 cm³/mol. The highest BCUT2D eigenvalue weighted by Crippen LogP contribution is 2.26. The molecule has 0 radical (unpaired) electrons. The second kappa shape index (κ2) is 5.21. The number of benzene rings is 2. The molecule has 0 unspecified atom stereocenters. The van der Waals surface area contributed by atoms with Gasteiger partial charge in [-0.3, -0.25) is 0 Å². The van der Waals surface area contributed by atoms with Gasteiger partial charge in [-0.05, 0) is 24.3 Å². The van der Waals surface area contributed by atoms with E-state index in [0.29, 0.717) is 13.2 Å². The van der Waals surface area contributed by atoms with E-state index >= 15 is 0 Å². The molecular weight excluding hydrogens is 226 g/mol. The highest BCUT2D eigenvalue weighted by molar-refractivity contribution is 5.60. The Hall–Kier alpha value is -1.84. The van der Waals surface area contributed by atoms with E-state index < -0.39 is 0 Å². The lowest BCUT2D eigenvalue weighted by Crippen LogP contribution is -1.99. The maximum absolute atomic E-state index is 5.49. The molecule has 0 aromatic heterocycles. The van der Waals surface area contributed by atoms with Gasteiger partial charge in [0.05, 0.1) is 13.2 Å². The number of rotatable bonds is 3. The Morgan fingerprint density at radius 1 is 0.833 bits per heavy atom. The van der Waals surface area contributed by atoms with Crippen LogP contribution < -0.4 is 5.32 Å². The standard InChI is InChI=1S/C15H15NO2/c1-2-6-13(7-3-1)16-14-8-4-5-12(11-14)15-17-9-10-18-15/h1-8,11,15-16H,9-10H2. The summed E-state index contributed by atoms with van der Waals surface area (Å²) in [6.07, 6.45) is -0.220. The van der Waals surface area contributed by atoms with Gasteiger partial charge in [-0.1, -0.05) is 30.3 Å². The fraction of sp³-hybridized carbons (Fsp3) is 0.200. The topological polar surface area (TPSA) is 30.5 Å². The maximum Gasteiger partial charge on any atom is 0.184 e. The van der Waals surface area contributed by atoms with Gasteiger partial charge in [0.15, 0.2) is 6.29 Å². The first-order valence-electron chi connectivity index (χ1n) is 6.07. The van der Waals surface area contributed by atoms with Crippen molar-refractivity contribution in [2.75, 3.05) is 18.5 Å². The van der Waals surface area contributed by atoms with Gasteiger partial charge in [0.1, 0.15) is 0 Å². The first-order valence-corrected chi connectivity index (χ1v) is 6.07. The lowest BCUT2D eigenvalue weighted by atomic mass is 10.2. The van der Waals surface area contributed by atoms with Gasteiger partial charge < -0.3 is 14.8 Å². The molecule has 0 amide bonds. The van der Waals surface area contributed by atoms with Crippen molar-refractivity contribution in [3.05, 3.63) is 60.2 Å². The van der Waals surface area contributed by atoms with Crippen molar-refractivity contribution in [3.8, 4) is 0 Å². The van der Waals surface area contributed by atoms with Crippen LogP contribution in [0.2, 0.25) is 0 Å². The molecule has 0 spiro atoms. The number of para-hydroxylation sites is 1. The van der Waals surface area contributed by atoms with Gasteiger partial charge in [0, 0.05) is 16.9 Å². The van der Waals surface area contributed by atoms with E-state index in [2.05, 4.69) is 11.4 Å². The minimum absolute atomic E-state index is 0.220. The zero-order valence-corrected chi connectivity index (χ0v) is 10.0. The summed E-state index contributed by atoms with van der Waals surface area (Å²) in [6, 6.07) is 18.2. The van der Waals surface area contributed by atoms with E-state index in [1.807, 2.05) is 48.5 Å². The molecule has 1 aliphatic rings. The SMILES string of the molecule is c1ccc(Nc2cccc(C3OCCO3)c2)cc1. The van der Waals surface area contributed by atoms with Gasteiger partial charge in [-0.25, -0.2) is 0 Å². The number of hydrogen-bond acceptors (Lipinski definition) is 3.